The third kappa shape index (κ3) is 3.85. The van der Waals surface area contributed by atoms with Crippen molar-refractivity contribution in [2.75, 3.05) is 19.6 Å². The Kier molecular flexibility index (Phi) is 4.39. The van der Waals surface area contributed by atoms with Gasteiger partial charge in [-0.2, -0.15) is 0 Å². The van der Waals surface area contributed by atoms with Gasteiger partial charge in [0, 0.05) is 25.2 Å². The smallest absolute Gasteiger partial charge is 0.410 e. The van der Waals surface area contributed by atoms with Crippen LogP contribution in [0.15, 0.2) is 0 Å². The van der Waals surface area contributed by atoms with Gasteiger partial charge >= 0.3 is 6.09 Å². The van der Waals surface area contributed by atoms with Crippen LogP contribution in [-0.2, 0) is 4.74 Å². The predicted octanol–water partition coefficient (Wildman–Crippen LogP) is 2.87. The van der Waals surface area contributed by atoms with Crippen LogP contribution in [0.5, 0.6) is 0 Å². The molecule has 2 atom stereocenters. The second kappa shape index (κ2) is 5.70. The topological polar surface area (TPSA) is 32.8 Å². The Bertz CT molecular complexity index is 325. The molecule has 4 nitrogen and oxygen atoms in total. The number of amides is 1. The molecule has 0 saturated carbocycles. The minimum Gasteiger partial charge on any atom is -0.444 e. The SMILES string of the molecule is C[C@H]1CCCCN1[C@H]1CCN(C(=O)OC(C)(C)C)C1. The fourth-order valence-corrected chi connectivity index (χ4v) is 3.17. The number of hydrogen-bond donors (Lipinski definition) is 0. The van der Waals surface area contributed by atoms with Crippen LogP contribution in [0.25, 0.3) is 0 Å². The molecular formula is C15H28N2O2. The normalized spacial score (nSPS) is 29.6. The summed E-state index contributed by atoms with van der Waals surface area (Å²) in [5, 5.41) is 0. The molecule has 0 aromatic rings. The van der Waals surface area contributed by atoms with E-state index in [9.17, 15) is 4.79 Å². The highest BCUT2D eigenvalue weighted by Gasteiger charge is 2.35. The molecule has 4 heteroatoms. The minimum absolute atomic E-state index is 0.153. The van der Waals surface area contributed by atoms with E-state index < -0.39 is 5.60 Å². The average molecular weight is 268 g/mol. The molecule has 110 valence electrons. The number of rotatable bonds is 1. The highest BCUT2D eigenvalue weighted by Crippen LogP contribution is 2.25. The van der Waals surface area contributed by atoms with Gasteiger partial charge in [0.1, 0.15) is 5.60 Å². The third-order valence-electron chi connectivity index (χ3n) is 4.14. The second-order valence-corrected chi connectivity index (χ2v) is 6.95. The van der Waals surface area contributed by atoms with Crippen LogP contribution >= 0.6 is 0 Å². The summed E-state index contributed by atoms with van der Waals surface area (Å²) in [4.78, 5) is 16.5. The fourth-order valence-electron chi connectivity index (χ4n) is 3.17. The van der Waals surface area contributed by atoms with Gasteiger partial charge in [-0.3, -0.25) is 4.90 Å². The Morgan fingerprint density at radius 2 is 1.89 bits per heavy atom. The number of ether oxygens (including phenoxy) is 1. The number of likely N-dealkylation sites (tertiary alicyclic amines) is 2. The summed E-state index contributed by atoms with van der Waals surface area (Å²) in [6, 6.07) is 1.19. The Balaban J connectivity index is 1.87. The highest BCUT2D eigenvalue weighted by molar-refractivity contribution is 5.68. The molecule has 0 N–H and O–H groups in total. The molecule has 2 fully saturated rings. The Labute approximate surface area is 117 Å². The van der Waals surface area contributed by atoms with Gasteiger partial charge in [-0.05, 0) is 53.5 Å². The van der Waals surface area contributed by atoms with Crippen molar-refractivity contribution in [3.8, 4) is 0 Å². The standard InChI is InChI=1S/C15H28N2O2/c1-12-7-5-6-9-17(12)13-8-10-16(11-13)14(18)19-15(2,3)4/h12-13H,5-11H2,1-4H3/t12-,13-/m0/s1. The second-order valence-electron chi connectivity index (χ2n) is 6.95. The first kappa shape index (κ1) is 14.6. The molecule has 0 spiro atoms. The van der Waals surface area contributed by atoms with Crippen molar-refractivity contribution in [1.29, 1.82) is 0 Å². The molecule has 1 amide bonds. The maximum Gasteiger partial charge on any atom is 0.410 e. The van der Waals surface area contributed by atoms with Crippen molar-refractivity contribution < 1.29 is 9.53 Å². The molecule has 2 rings (SSSR count). The van der Waals surface area contributed by atoms with Crippen molar-refractivity contribution in [2.24, 2.45) is 0 Å². The summed E-state index contributed by atoms with van der Waals surface area (Å²) in [6.07, 6.45) is 4.87. The van der Waals surface area contributed by atoms with E-state index in [1.807, 2.05) is 25.7 Å². The van der Waals surface area contributed by atoms with Crippen LogP contribution in [0, 0.1) is 0 Å². The summed E-state index contributed by atoms with van der Waals surface area (Å²) in [5.74, 6) is 0. The first-order chi connectivity index (χ1) is 8.87. The van der Waals surface area contributed by atoms with E-state index in [0.717, 1.165) is 19.5 Å². The van der Waals surface area contributed by atoms with E-state index in [1.54, 1.807) is 0 Å². The van der Waals surface area contributed by atoms with Gasteiger partial charge in [-0.15, -0.1) is 0 Å². The van der Waals surface area contributed by atoms with E-state index in [2.05, 4.69) is 11.8 Å². The summed E-state index contributed by atoms with van der Waals surface area (Å²) < 4.78 is 5.45. The van der Waals surface area contributed by atoms with Gasteiger partial charge in [0.2, 0.25) is 0 Å². The Hall–Kier alpha value is -0.770. The van der Waals surface area contributed by atoms with Crippen molar-refractivity contribution >= 4 is 6.09 Å². The van der Waals surface area contributed by atoms with Crippen LogP contribution < -0.4 is 0 Å². The fraction of sp³-hybridized carbons (Fsp3) is 0.933. The molecule has 0 aromatic heterocycles. The first-order valence-electron chi connectivity index (χ1n) is 7.60. The van der Waals surface area contributed by atoms with Gasteiger partial charge in [0.25, 0.3) is 0 Å². The lowest BCUT2D eigenvalue weighted by molar-refractivity contribution is 0.0266. The monoisotopic (exact) mass is 268 g/mol. The molecule has 0 aromatic carbocycles. The van der Waals surface area contributed by atoms with Crippen LogP contribution in [-0.4, -0.2) is 53.2 Å². The summed E-state index contributed by atoms with van der Waals surface area (Å²) in [7, 11) is 0. The molecule has 19 heavy (non-hydrogen) atoms. The van der Waals surface area contributed by atoms with Crippen molar-refractivity contribution in [2.45, 2.75) is 71.1 Å². The van der Waals surface area contributed by atoms with Crippen LogP contribution in [0.2, 0.25) is 0 Å². The average Bonchev–Trinajstić information content (AvgIpc) is 2.76. The van der Waals surface area contributed by atoms with Gasteiger partial charge in [0.15, 0.2) is 0 Å². The molecular weight excluding hydrogens is 240 g/mol. The van der Waals surface area contributed by atoms with E-state index >= 15 is 0 Å². The van der Waals surface area contributed by atoms with E-state index in [0.29, 0.717) is 12.1 Å². The first-order valence-corrected chi connectivity index (χ1v) is 7.60. The van der Waals surface area contributed by atoms with Crippen LogP contribution in [0.4, 0.5) is 4.79 Å². The maximum atomic E-state index is 12.1. The third-order valence-corrected chi connectivity index (χ3v) is 4.14. The summed E-state index contributed by atoms with van der Waals surface area (Å²) in [6.45, 7) is 10.9. The maximum absolute atomic E-state index is 12.1. The van der Waals surface area contributed by atoms with Crippen LogP contribution in [0.1, 0.15) is 53.4 Å². The zero-order chi connectivity index (χ0) is 14.0. The highest BCUT2D eigenvalue weighted by atomic mass is 16.6. The lowest BCUT2D eigenvalue weighted by atomic mass is 10.0. The lowest BCUT2D eigenvalue weighted by Gasteiger charge is -2.38. The largest absolute Gasteiger partial charge is 0.444 e. The number of nitrogens with zero attached hydrogens (tertiary/aromatic N) is 2. The van der Waals surface area contributed by atoms with E-state index in [4.69, 9.17) is 4.74 Å². The number of hydrogen-bond acceptors (Lipinski definition) is 3. The Morgan fingerprint density at radius 3 is 2.53 bits per heavy atom. The minimum atomic E-state index is -0.395. The molecule has 0 radical (unpaired) electrons. The van der Waals surface area contributed by atoms with Crippen LogP contribution in [0.3, 0.4) is 0 Å². The molecule has 0 aliphatic carbocycles. The zero-order valence-corrected chi connectivity index (χ0v) is 12.8. The van der Waals surface area contributed by atoms with E-state index in [1.165, 1.54) is 25.8 Å². The molecule has 0 unspecified atom stereocenters. The summed E-state index contributed by atoms with van der Waals surface area (Å²) in [5.41, 5.74) is -0.395. The number of carbonyl (C=O) groups is 1. The molecule has 2 aliphatic heterocycles. The molecule has 2 heterocycles. The summed E-state index contributed by atoms with van der Waals surface area (Å²) >= 11 is 0. The van der Waals surface area contributed by atoms with Gasteiger partial charge in [-0.25, -0.2) is 4.79 Å². The van der Waals surface area contributed by atoms with Gasteiger partial charge in [-0.1, -0.05) is 6.42 Å². The van der Waals surface area contributed by atoms with Gasteiger partial charge in [0.05, 0.1) is 0 Å². The molecule has 2 saturated heterocycles. The zero-order valence-electron chi connectivity index (χ0n) is 12.8. The quantitative estimate of drug-likeness (QED) is 0.733. The lowest BCUT2D eigenvalue weighted by Crippen LogP contribution is -2.46. The van der Waals surface area contributed by atoms with Crippen molar-refractivity contribution in [1.82, 2.24) is 9.80 Å². The number of piperidine rings is 1. The molecule has 2 aliphatic rings. The Morgan fingerprint density at radius 1 is 1.16 bits per heavy atom. The van der Waals surface area contributed by atoms with Crippen molar-refractivity contribution in [3.05, 3.63) is 0 Å². The molecule has 0 bridgehead atoms. The van der Waals surface area contributed by atoms with E-state index in [-0.39, 0.29) is 6.09 Å². The van der Waals surface area contributed by atoms with Gasteiger partial charge < -0.3 is 9.64 Å². The number of carbonyl (C=O) groups excluding carboxylic acids is 1. The predicted molar refractivity (Wildman–Crippen MR) is 76.2 cm³/mol. The van der Waals surface area contributed by atoms with Crippen molar-refractivity contribution in [3.63, 3.8) is 0 Å².